The van der Waals surface area contributed by atoms with Gasteiger partial charge in [0, 0.05) is 18.3 Å². The second-order valence-electron chi connectivity index (χ2n) is 7.02. The van der Waals surface area contributed by atoms with Crippen molar-refractivity contribution in [3.05, 3.63) is 96.3 Å². The van der Waals surface area contributed by atoms with E-state index in [-0.39, 0.29) is 11.7 Å². The molecule has 1 aromatic heterocycles. The molecule has 0 amide bonds. The Kier molecular flexibility index (Phi) is 5.69. The van der Waals surface area contributed by atoms with Crippen LogP contribution < -0.4 is 11.1 Å². The molecule has 1 aliphatic rings. The summed E-state index contributed by atoms with van der Waals surface area (Å²) in [4.78, 5) is 6.96. The SMILES string of the molecule is N.c1ccc(CC2(Cc3ccccc3)CCCN2c2cccnc2)cc1. The Balaban J connectivity index is 0.00000196. The maximum Gasteiger partial charge on any atom is 0.0557 e. The van der Waals surface area contributed by atoms with Crippen LogP contribution in [0.4, 0.5) is 5.69 Å². The topological polar surface area (TPSA) is 51.1 Å². The highest BCUT2D eigenvalue weighted by Crippen LogP contribution is 2.39. The van der Waals surface area contributed by atoms with E-state index in [0.29, 0.717) is 0 Å². The first-order valence-corrected chi connectivity index (χ1v) is 9.11. The van der Waals surface area contributed by atoms with E-state index in [1.54, 1.807) is 0 Å². The van der Waals surface area contributed by atoms with Gasteiger partial charge in [0.25, 0.3) is 0 Å². The molecule has 0 atom stereocenters. The minimum atomic E-state index is 0. The number of pyridine rings is 1. The van der Waals surface area contributed by atoms with Crippen LogP contribution in [0.15, 0.2) is 85.2 Å². The van der Waals surface area contributed by atoms with Crippen LogP contribution >= 0.6 is 0 Å². The summed E-state index contributed by atoms with van der Waals surface area (Å²) < 4.78 is 0. The second-order valence-corrected chi connectivity index (χ2v) is 7.02. The minimum absolute atomic E-state index is 0. The molecule has 2 aromatic carbocycles. The fraction of sp³-hybridized carbons (Fsp3) is 0.261. The fourth-order valence-corrected chi connectivity index (χ4v) is 4.24. The van der Waals surface area contributed by atoms with Gasteiger partial charge in [0.1, 0.15) is 0 Å². The van der Waals surface area contributed by atoms with Crippen molar-refractivity contribution in [3.8, 4) is 0 Å². The van der Waals surface area contributed by atoms with Crippen LogP contribution in [-0.4, -0.2) is 17.1 Å². The van der Waals surface area contributed by atoms with Crippen molar-refractivity contribution >= 4 is 5.69 Å². The van der Waals surface area contributed by atoms with Crippen LogP contribution in [0, 0.1) is 0 Å². The highest BCUT2D eigenvalue weighted by atomic mass is 15.2. The van der Waals surface area contributed by atoms with E-state index in [4.69, 9.17) is 0 Å². The summed E-state index contributed by atoms with van der Waals surface area (Å²) in [6.07, 6.45) is 8.45. The molecule has 1 fully saturated rings. The van der Waals surface area contributed by atoms with Crippen molar-refractivity contribution < 1.29 is 0 Å². The molecule has 3 N–H and O–H groups in total. The number of hydrogen-bond donors (Lipinski definition) is 1. The van der Waals surface area contributed by atoms with Crippen LogP contribution in [0.3, 0.4) is 0 Å². The molecule has 2 heterocycles. The maximum atomic E-state index is 4.37. The quantitative estimate of drug-likeness (QED) is 0.702. The van der Waals surface area contributed by atoms with Crippen LogP contribution in [0.1, 0.15) is 24.0 Å². The van der Waals surface area contributed by atoms with Crippen LogP contribution in [-0.2, 0) is 12.8 Å². The van der Waals surface area contributed by atoms with E-state index in [9.17, 15) is 0 Å². The van der Waals surface area contributed by atoms with Gasteiger partial charge in [0.15, 0.2) is 0 Å². The van der Waals surface area contributed by atoms with Crippen molar-refractivity contribution in [2.45, 2.75) is 31.2 Å². The third kappa shape index (κ3) is 3.78. The van der Waals surface area contributed by atoms with E-state index in [1.165, 1.54) is 29.7 Å². The summed E-state index contributed by atoms with van der Waals surface area (Å²) in [5.74, 6) is 0. The summed E-state index contributed by atoms with van der Waals surface area (Å²) in [5.41, 5.74) is 4.18. The van der Waals surface area contributed by atoms with Crippen molar-refractivity contribution in [2.24, 2.45) is 0 Å². The van der Waals surface area contributed by atoms with Crippen molar-refractivity contribution in [1.29, 1.82) is 0 Å². The molecule has 134 valence electrons. The number of hydrogen-bond acceptors (Lipinski definition) is 3. The Bertz CT molecular complexity index is 746. The molecule has 4 rings (SSSR count). The van der Waals surface area contributed by atoms with E-state index >= 15 is 0 Å². The lowest BCUT2D eigenvalue weighted by atomic mass is 9.82. The summed E-state index contributed by atoms with van der Waals surface area (Å²) in [7, 11) is 0. The zero-order valence-corrected chi connectivity index (χ0v) is 15.2. The Morgan fingerprint density at radius 3 is 1.96 bits per heavy atom. The van der Waals surface area contributed by atoms with Gasteiger partial charge in [-0.3, -0.25) is 4.98 Å². The van der Waals surface area contributed by atoms with Gasteiger partial charge in [-0.1, -0.05) is 60.7 Å². The van der Waals surface area contributed by atoms with Crippen molar-refractivity contribution in [1.82, 2.24) is 11.1 Å². The van der Waals surface area contributed by atoms with Gasteiger partial charge < -0.3 is 11.1 Å². The zero-order valence-electron chi connectivity index (χ0n) is 15.2. The Morgan fingerprint density at radius 1 is 0.808 bits per heavy atom. The van der Waals surface area contributed by atoms with Gasteiger partial charge in [-0.15, -0.1) is 0 Å². The lowest BCUT2D eigenvalue weighted by molar-refractivity contribution is 0.418. The van der Waals surface area contributed by atoms with Gasteiger partial charge in [-0.25, -0.2) is 0 Å². The molecule has 1 aliphatic heterocycles. The van der Waals surface area contributed by atoms with Crippen molar-refractivity contribution in [2.75, 3.05) is 11.4 Å². The van der Waals surface area contributed by atoms with Crippen LogP contribution in [0.25, 0.3) is 0 Å². The maximum absolute atomic E-state index is 4.37. The lowest BCUT2D eigenvalue weighted by Crippen LogP contribution is -2.48. The standard InChI is InChI=1S/C23H24N2.H3N/c1-3-9-20(10-4-1)17-23(18-21-11-5-2-6-12-21)14-8-16-25(23)22-13-7-15-24-19-22;/h1-7,9-13,15,19H,8,14,16-18H2;1H3. The van der Waals surface area contributed by atoms with Gasteiger partial charge in [0.2, 0.25) is 0 Å². The molecule has 1 saturated heterocycles. The number of nitrogens with zero attached hydrogens (tertiary/aromatic N) is 2. The molecular weight excluding hydrogens is 318 g/mol. The second kappa shape index (κ2) is 8.15. The molecule has 0 bridgehead atoms. The average Bonchev–Trinajstić information content (AvgIpc) is 3.07. The first-order valence-electron chi connectivity index (χ1n) is 9.11. The highest BCUT2D eigenvalue weighted by Gasteiger charge is 2.41. The number of benzene rings is 2. The summed E-state index contributed by atoms with van der Waals surface area (Å²) in [5, 5.41) is 0. The fourth-order valence-electron chi connectivity index (χ4n) is 4.24. The Morgan fingerprint density at radius 2 is 1.42 bits per heavy atom. The van der Waals surface area contributed by atoms with Crippen LogP contribution in [0.2, 0.25) is 0 Å². The zero-order chi connectivity index (χ0) is 17.0. The van der Waals surface area contributed by atoms with Gasteiger partial charge in [0.05, 0.1) is 11.9 Å². The summed E-state index contributed by atoms with van der Waals surface area (Å²) in [6.45, 7) is 1.10. The summed E-state index contributed by atoms with van der Waals surface area (Å²) in [6, 6.07) is 26.1. The van der Waals surface area contributed by atoms with E-state index in [2.05, 4.69) is 76.6 Å². The van der Waals surface area contributed by atoms with Crippen molar-refractivity contribution in [3.63, 3.8) is 0 Å². The van der Waals surface area contributed by atoms with Gasteiger partial charge in [-0.2, -0.15) is 0 Å². The molecule has 0 radical (unpaired) electrons. The predicted molar refractivity (Wildman–Crippen MR) is 109 cm³/mol. The largest absolute Gasteiger partial charge is 0.364 e. The number of rotatable bonds is 5. The molecule has 3 nitrogen and oxygen atoms in total. The Hall–Kier alpha value is -2.65. The van der Waals surface area contributed by atoms with E-state index in [0.717, 1.165) is 19.4 Å². The molecule has 26 heavy (non-hydrogen) atoms. The molecule has 0 aliphatic carbocycles. The molecular formula is C23H27N3. The first-order chi connectivity index (χ1) is 12.4. The molecule has 3 aromatic rings. The van der Waals surface area contributed by atoms with E-state index in [1.807, 2.05) is 18.5 Å². The monoisotopic (exact) mass is 345 g/mol. The van der Waals surface area contributed by atoms with Crippen LogP contribution in [0.5, 0.6) is 0 Å². The normalized spacial score (nSPS) is 15.5. The smallest absolute Gasteiger partial charge is 0.0557 e. The third-order valence-corrected chi connectivity index (χ3v) is 5.31. The van der Waals surface area contributed by atoms with E-state index < -0.39 is 0 Å². The average molecular weight is 345 g/mol. The van der Waals surface area contributed by atoms with Gasteiger partial charge in [-0.05, 0) is 48.9 Å². The number of anilines is 1. The number of aromatic nitrogens is 1. The third-order valence-electron chi connectivity index (χ3n) is 5.31. The predicted octanol–water partition coefficient (Wildman–Crippen LogP) is 5.07. The van der Waals surface area contributed by atoms with Gasteiger partial charge >= 0.3 is 0 Å². The Labute approximate surface area is 156 Å². The lowest BCUT2D eigenvalue weighted by Gasteiger charge is -2.41. The minimum Gasteiger partial charge on any atom is -0.364 e. The molecule has 3 heteroatoms. The summed E-state index contributed by atoms with van der Waals surface area (Å²) >= 11 is 0. The highest BCUT2D eigenvalue weighted by molar-refractivity contribution is 5.50. The molecule has 0 saturated carbocycles. The molecule has 0 unspecified atom stereocenters. The molecule has 0 spiro atoms. The first kappa shape index (κ1) is 18.2.